The van der Waals surface area contributed by atoms with Gasteiger partial charge in [-0.1, -0.05) is 64.7 Å². The van der Waals surface area contributed by atoms with E-state index in [4.69, 9.17) is 15.3 Å². The smallest absolute Gasteiger partial charge is 0.359 e. The molecule has 0 aromatic carbocycles. The average molecular weight is 374 g/mol. The maximum absolute atomic E-state index is 11.1. The first-order chi connectivity index (χ1) is 12.3. The van der Waals surface area contributed by atoms with Crippen LogP contribution in [0.15, 0.2) is 0 Å². The fourth-order valence-electron chi connectivity index (χ4n) is 3.38. The zero-order valence-electron chi connectivity index (χ0n) is 16.1. The zero-order valence-corrected chi connectivity index (χ0v) is 16.1. The first-order valence-electron chi connectivity index (χ1n) is 9.82. The molecule has 0 amide bonds. The summed E-state index contributed by atoms with van der Waals surface area (Å²) in [5.74, 6) is -3.51. The summed E-state index contributed by atoms with van der Waals surface area (Å²) in [6.45, 7) is 1.04. The van der Waals surface area contributed by atoms with Crippen molar-refractivity contribution in [1.29, 1.82) is 0 Å². The molecule has 0 radical (unpaired) electrons. The molecule has 3 N–H and O–H groups in total. The lowest BCUT2D eigenvalue weighted by molar-refractivity contribution is -0.907. The molecule has 0 saturated heterocycles. The molecule has 7 heteroatoms. The van der Waals surface area contributed by atoms with Crippen LogP contribution in [0.2, 0.25) is 0 Å². The van der Waals surface area contributed by atoms with Gasteiger partial charge in [0.05, 0.1) is 6.54 Å². The van der Waals surface area contributed by atoms with Gasteiger partial charge in [-0.3, -0.25) is 4.48 Å². The predicted molar refractivity (Wildman–Crippen MR) is 99.1 cm³/mol. The highest BCUT2D eigenvalue weighted by molar-refractivity contribution is 5.73. The molecule has 152 valence electrons. The van der Waals surface area contributed by atoms with Crippen molar-refractivity contribution in [1.82, 2.24) is 0 Å². The maximum Gasteiger partial charge on any atom is 0.359 e. The molecule has 0 aromatic heterocycles. The summed E-state index contributed by atoms with van der Waals surface area (Å²) in [7, 11) is 0. The number of hydrogen-bond donors (Lipinski definition) is 3. The van der Waals surface area contributed by atoms with Gasteiger partial charge in [0.15, 0.2) is 19.6 Å². The van der Waals surface area contributed by atoms with Crippen molar-refractivity contribution in [2.24, 2.45) is 0 Å². The third kappa shape index (κ3) is 13.6. The summed E-state index contributed by atoms with van der Waals surface area (Å²) in [5, 5.41) is 27.2. The fraction of sp³-hybridized carbons (Fsp3) is 0.842. The molecule has 0 saturated carbocycles. The molecular formula is C19H36NO6+. The van der Waals surface area contributed by atoms with Crippen LogP contribution in [0, 0.1) is 0 Å². The van der Waals surface area contributed by atoms with Gasteiger partial charge in [0.2, 0.25) is 0 Å². The van der Waals surface area contributed by atoms with E-state index in [1.54, 1.807) is 0 Å². The summed E-state index contributed by atoms with van der Waals surface area (Å²) in [6, 6.07) is 0. The molecule has 0 aliphatic carbocycles. The average Bonchev–Trinajstić information content (AvgIpc) is 2.50. The molecule has 0 unspecified atom stereocenters. The largest absolute Gasteiger partial charge is 0.477 e. The van der Waals surface area contributed by atoms with Crippen molar-refractivity contribution in [3.8, 4) is 0 Å². The second kappa shape index (κ2) is 14.5. The molecule has 0 aromatic rings. The molecule has 0 bridgehead atoms. The Morgan fingerprint density at radius 1 is 0.577 bits per heavy atom. The number of nitrogens with zero attached hydrogens (tertiary/aromatic N) is 1. The number of hydrogen-bond acceptors (Lipinski definition) is 3. The Labute approximate surface area is 156 Å². The van der Waals surface area contributed by atoms with E-state index in [0.717, 1.165) is 19.3 Å². The van der Waals surface area contributed by atoms with Crippen molar-refractivity contribution in [2.75, 3.05) is 26.2 Å². The van der Waals surface area contributed by atoms with E-state index in [-0.39, 0.29) is 6.54 Å². The second-order valence-electron chi connectivity index (χ2n) is 7.26. The molecule has 7 nitrogen and oxygen atoms in total. The van der Waals surface area contributed by atoms with E-state index in [1.165, 1.54) is 44.9 Å². The standard InChI is InChI=1S/C19H35NO6/c1-2-3-4-5-6-7-8-9-10-11-12-13-20(14-17(21)22,15-18(23)24)16-19(25)26/h2-16H2,1H3,(H2-,21,22,23,24,25,26)/p+1. The Morgan fingerprint density at radius 2 is 0.885 bits per heavy atom. The van der Waals surface area contributed by atoms with E-state index in [9.17, 15) is 14.4 Å². The van der Waals surface area contributed by atoms with Crippen LogP contribution >= 0.6 is 0 Å². The van der Waals surface area contributed by atoms with Crippen molar-refractivity contribution in [2.45, 2.75) is 77.6 Å². The second-order valence-corrected chi connectivity index (χ2v) is 7.26. The Kier molecular flexibility index (Phi) is 13.6. The number of rotatable bonds is 18. The molecule has 0 aliphatic rings. The van der Waals surface area contributed by atoms with Crippen LogP contribution < -0.4 is 0 Å². The molecule has 0 atom stereocenters. The maximum atomic E-state index is 11.1. The van der Waals surface area contributed by atoms with Gasteiger partial charge in [-0.15, -0.1) is 0 Å². The van der Waals surface area contributed by atoms with Crippen molar-refractivity contribution < 1.29 is 34.2 Å². The molecule has 0 rings (SSSR count). The molecule has 0 aliphatic heterocycles. The predicted octanol–water partition coefficient (Wildman–Crippen LogP) is 3.37. The van der Waals surface area contributed by atoms with Crippen LogP contribution in [0.4, 0.5) is 0 Å². The highest BCUT2D eigenvalue weighted by Gasteiger charge is 2.35. The van der Waals surface area contributed by atoms with Crippen LogP contribution in [0.1, 0.15) is 77.6 Å². The first kappa shape index (κ1) is 24.4. The lowest BCUT2D eigenvalue weighted by Gasteiger charge is -2.34. The molecule has 0 heterocycles. The summed E-state index contributed by atoms with van der Waals surface area (Å²) in [5.41, 5.74) is 0. The van der Waals surface area contributed by atoms with E-state index < -0.39 is 42.0 Å². The highest BCUT2D eigenvalue weighted by atomic mass is 16.4. The number of quaternary nitrogens is 1. The molecule has 26 heavy (non-hydrogen) atoms. The monoisotopic (exact) mass is 374 g/mol. The lowest BCUT2D eigenvalue weighted by atomic mass is 10.1. The minimum absolute atomic E-state index is 0.266. The third-order valence-electron chi connectivity index (χ3n) is 4.65. The minimum atomic E-state index is -1.17. The Balaban J connectivity index is 4.14. The number of carboxylic acids is 3. The lowest BCUT2D eigenvalue weighted by Crippen LogP contribution is -2.57. The first-order valence-corrected chi connectivity index (χ1v) is 9.82. The molecular weight excluding hydrogens is 338 g/mol. The summed E-state index contributed by atoms with van der Waals surface area (Å²) in [4.78, 5) is 33.2. The van der Waals surface area contributed by atoms with E-state index in [0.29, 0.717) is 6.42 Å². The van der Waals surface area contributed by atoms with Crippen molar-refractivity contribution >= 4 is 17.9 Å². The van der Waals surface area contributed by atoms with Crippen LogP contribution in [0.5, 0.6) is 0 Å². The van der Waals surface area contributed by atoms with Crippen LogP contribution in [0.3, 0.4) is 0 Å². The minimum Gasteiger partial charge on any atom is -0.477 e. The summed E-state index contributed by atoms with van der Waals surface area (Å²) >= 11 is 0. The van der Waals surface area contributed by atoms with E-state index in [1.807, 2.05) is 0 Å². The van der Waals surface area contributed by atoms with Gasteiger partial charge in [0.1, 0.15) is 0 Å². The summed E-state index contributed by atoms with van der Waals surface area (Å²) in [6.07, 6.45) is 12.5. The number of carboxylic acid groups (broad SMARTS) is 3. The SMILES string of the molecule is CCCCCCCCCCCCC[N+](CC(=O)O)(CC(=O)O)CC(=O)O. The van der Waals surface area contributed by atoms with Gasteiger partial charge >= 0.3 is 17.9 Å². The fourth-order valence-corrected chi connectivity index (χ4v) is 3.38. The zero-order chi connectivity index (χ0) is 19.8. The Hall–Kier alpha value is -1.63. The molecule has 0 spiro atoms. The Bertz CT molecular complexity index is 383. The van der Waals surface area contributed by atoms with Crippen molar-refractivity contribution in [3.63, 3.8) is 0 Å². The van der Waals surface area contributed by atoms with Gasteiger partial charge in [0, 0.05) is 0 Å². The van der Waals surface area contributed by atoms with E-state index >= 15 is 0 Å². The van der Waals surface area contributed by atoms with Gasteiger partial charge in [0.25, 0.3) is 0 Å². The molecule has 0 fully saturated rings. The van der Waals surface area contributed by atoms with E-state index in [2.05, 4.69) is 6.92 Å². The normalized spacial score (nSPS) is 11.4. The topological polar surface area (TPSA) is 112 Å². The van der Waals surface area contributed by atoms with Gasteiger partial charge in [-0.05, 0) is 12.8 Å². The van der Waals surface area contributed by atoms with Gasteiger partial charge in [-0.25, -0.2) is 14.4 Å². The van der Waals surface area contributed by atoms with Crippen LogP contribution in [0.25, 0.3) is 0 Å². The third-order valence-corrected chi connectivity index (χ3v) is 4.65. The number of aliphatic carboxylic acids is 3. The Morgan fingerprint density at radius 3 is 1.19 bits per heavy atom. The van der Waals surface area contributed by atoms with Gasteiger partial charge in [-0.2, -0.15) is 0 Å². The van der Waals surface area contributed by atoms with Crippen molar-refractivity contribution in [3.05, 3.63) is 0 Å². The van der Waals surface area contributed by atoms with Gasteiger partial charge < -0.3 is 15.3 Å². The van der Waals surface area contributed by atoms with Crippen LogP contribution in [-0.2, 0) is 14.4 Å². The summed E-state index contributed by atoms with van der Waals surface area (Å²) < 4.78 is -0.433. The van der Waals surface area contributed by atoms with Crippen LogP contribution in [-0.4, -0.2) is 63.9 Å². The number of unbranched alkanes of at least 4 members (excludes halogenated alkanes) is 10. The highest BCUT2D eigenvalue weighted by Crippen LogP contribution is 2.14. The quantitative estimate of drug-likeness (QED) is 0.250. The number of carbonyl (C=O) groups is 3.